The lowest BCUT2D eigenvalue weighted by molar-refractivity contribution is -0.132. The monoisotopic (exact) mass is 351 g/mol. The lowest BCUT2D eigenvalue weighted by Crippen LogP contribution is -2.40. The van der Waals surface area contributed by atoms with E-state index in [4.69, 9.17) is 4.74 Å². The lowest BCUT2D eigenvalue weighted by atomic mass is 9.89. The van der Waals surface area contributed by atoms with Crippen LogP contribution in [0.15, 0.2) is 54.6 Å². The quantitative estimate of drug-likeness (QED) is 0.745. The maximum Gasteiger partial charge on any atom is 0.222 e. The Morgan fingerprint density at radius 2 is 1.65 bits per heavy atom. The Labute approximate surface area is 154 Å². The predicted octanol–water partition coefficient (Wildman–Crippen LogP) is 3.75. The molecule has 1 fully saturated rings. The van der Waals surface area contributed by atoms with Crippen molar-refractivity contribution in [2.75, 3.05) is 20.2 Å². The fourth-order valence-corrected chi connectivity index (χ4v) is 3.54. The summed E-state index contributed by atoms with van der Waals surface area (Å²) < 4.78 is 5.34. The highest BCUT2D eigenvalue weighted by Gasteiger charge is 2.27. The zero-order valence-electron chi connectivity index (χ0n) is 15.2. The highest BCUT2D eigenvalue weighted by Crippen LogP contribution is 2.23. The van der Waals surface area contributed by atoms with Gasteiger partial charge in [0, 0.05) is 31.0 Å². The van der Waals surface area contributed by atoms with Crippen LogP contribution < -0.4 is 4.74 Å². The van der Waals surface area contributed by atoms with Crippen LogP contribution in [0.2, 0.25) is 0 Å². The van der Waals surface area contributed by atoms with Crippen LogP contribution in [0.5, 0.6) is 5.75 Å². The standard InChI is InChI=1S/C22H25NO3/c1-26-20-10-6-5-7-17(20)11-12-21(24)23-15-13-19(14-16-23)22(25)18-8-3-2-4-9-18/h2-10,19H,11-16H2,1H3. The van der Waals surface area contributed by atoms with Crippen molar-refractivity contribution in [3.05, 3.63) is 65.7 Å². The largest absolute Gasteiger partial charge is 0.496 e. The molecule has 1 amide bonds. The van der Waals surface area contributed by atoms with Crippen LogP contribution in [-0.4, -0.2) is 36.8 Å². The molecule has 2 aromatic carbocycles. The van der Waals surface area contributed by atoms with Crippen LogP contribution in [0, 0.1) is 5.92 Å². The number of Topliss-reactive ketones (excluding diaryl/α,β-unsaturated/α-hetero) is 1. The van der Waals surface area contributed by atoms with E-state index in [0.29, 0.717) is 25.9 Å². The number of nitrogens with zero attached hydrogens (tertiary/aromatic N) is 1. The minimum atomic E-state index is 0.0238. The first-order valence-electron chi connectivity index (χ1n) is 9.18. The van der Waals surface area contributed by atoms with E-state index < -0.39 is 0 Å². The maximum atomic E-state index is 12.5. The smallest absolute Gasteiger partial charge is 0.222 e. The number of hydrogen-bond acceptors (Lipinski definition) is 3. The Bertz CT molecular complexity index is 749. The van der Waals surface area contributed by atoms with E-state index in [1.807, 2.05) is 59.5 Å². The number of ketones is 1. The number of ether oxygens (including phenoxy) is 1. The summed E-state index contributed by atoms with van der Waals surface area (Å²) in [7, 11) is 1.65. The van der Waals surface area contributed by atoms with Crippen molar-refractivity contribution in [3.63, 3.8) is 0 Å². The number of carbonyl (C=O) groups is 2. The molecule has 0 radical (unpaired) electrons. The van der Waals surface area contributed by atoms with E-state index in [9.17, 15) is 9.59 Å². The molecule has 136 valence electrons. The number of para-hydroxylation sites is 1. The molecule has 0 aromatic heterocycles. The second kappa shape index (κ2) is 8.65. The first-order valence-corrected chi connectivity index (χ1v) is 9.18. The second-order valence-electron chi connectivity index (χ2n) is 6.70. The molecule has 0 N–H and O–H groups in total. The fraction of sp³-hybridized carbons (Fsp3) is 0.364. The maximum absolute atomic E-state index is 12.5. The number of likely N-dealkylation sites (tertiary alicyclic amines) is 1. The van der Waals surface area contributed by atoms with E-state index in [0.717, 1.165) is 29.7 Å². The molecular formula is C22H25NO3. The van der Waals surface area contributed by atoms with Crippen LogP contribution in [0.1, 0.15) is 35.2 Å². The van der Waals surface area contributed by atoms with Crippen molar-refractivity contribution in [2.24, 2.45) is 5.92 Å². The number of aryl methyl sites for hydroxylation is 1. The van der Waals surface area contributed by atoms with Crippen molar-refractivity contribution in [1.29, 1.82) is 0 Å². The molecule has 1 heterocycles. The molecule has 2 aromatic rings. The number of carbonyl (C=O) groups excluding carboxylic acids is 2. The summed E-state index contributed by atoms with van der Waals surface area (Å²) in [5.41, 5.74) is 1.82. The van der Waals surface area contributed by atoms with Crippen molar-refractivity contribution in [2.45, 2.75) is 25.7 Å². The molecule has 4 nitrogen and oxygen atoms in total. The minimum absolute atomic E-state index is 0.0238. The third-order valence-electron chi connectivity index (χ3n) is 5.08. The van der Waals surface area contributed by atoms with E-state index in [1.54, 1.807) is 7.11 Å². The number of amides is 1. The Kier molecular flexibility index (Phi) is 6.05. The Balaban J connectivity index is 1.50. The van der Waals surface area contributed by atoms with Crippen LogP contribution in [0.4, 0.5) is 0 Å². The van der Waals surface area contributed by atoms with E-state index >= 15 is 0 Å². The average Bonchev–Trinajstić information content (AvgIpc) is 2.72. The first kappa shape index (κ1) is 18.2. The fourth-order valence-electron chi connectivity index (χ4n) is 3.54. The third kappa shape index (κ3) is 4.31. The van der Waals surface area contributed by atoms with E-state index in [-0.39, 0.29) is 17.6 Å². The SMILES string of the molecule is COc1ccccc1CCC(=O)N1CCC(C(=O)c2ccccc2)CC1. The van der Waals surface area contributed by atoms with Gasteiger partial charge in [-0.1, -0.05) is 48.5 Å². The topological polar surface area (TPSA) is 46.6 Å². The van der Waals surface area contributed by atoms with Crippen LogP contribution in [0.3, 0.4) is 0 Å². The number of hydrogen-bond donors (Lipinski definition) is 0. The molecule has 0 atom stereocenters. The number of piperidine rings is 1. The third-order valence-corrected chi connectivity index (χ3v) is 5.08. The van der Waals surface area contributed by atoms with Gasteiger partial charge in [-0.15, -0.1) is 0 Å². The van der Waals surface area contributed by atoms with Crippen LogP contribution >= 0.6 is 0 Å². The van der Waals surface area contributed by atoms with Gasteiger partial charge in [-0.25, -0.2) is 0 Å². The van der Waals surface area contributed by atoms with Gasteiger partial charge in [0.05, 0.1) is 7.11 Å². The van der Waals surface area contributed by atoms with Crippen LogP contribution in [0.25, 0.3) is 0 Å². The van der Waals surface area contributed by atoms with E-state index in [2.05, 4.69) is 0 Å². The molecule has 4 heteroatoms. The highest BCUT2D eigenvalue weighted by atomic mass is 16.5. The van der Waals surface area contributed by atoms with E-state index in [1.165, 1.54) is 0 Å². The van der Waals surface area contributed by atoms with Gasteiger partial charge >= 0.3 is 0 Å². The van der Waals surface area contributed by atoms with Gasteiger partial charge in [0.15, 0.2) is 5.78 Å². The summed E-state index contributed by atoms with van der Waals surface area (Å²) in [6.07, 6.45) is 2.63. The Morgan fingerprint density at radius 3 is 2.35 bits per heavy atom. The molecule has 1 saturated heterocycles. The zero-order valence-corrected chi connectivity index (χ0v) is 15.2. The van der Waals surface area contributed by atoms with Gasteiger partial charge in [-0.3, -0.25) is 9.59 Å². The molecular weight excluding hydrogens is 326 g/mol. The molecule has 0 saturated carbocycles. The van der Waals surface area contributed by atoms with Gasteiger partial charge in [-0.2, -0.15) is 0 Å². The van der Waals surface area contributed by atoms with Gasteiger partial charge in [-0.05, 0) is 30.9 Å². The van der Waals surface area contributed by atoms with Crippen LogP contribution in [-0.2, 0) is 11.2 Å². The summed E-state index contributed by atoms with van der Waals surface area (Å²) in [5.74, 6) is 1.20. The van der Waals surface area contributed by atoms with Gasteiger partial charge in [0.2, 0.25) is 5.91 Å². The molecule has 3 rings (SSSR count). The minimum Gasteiger partial charge on any atom is -0.496 e. The number of benzene rings is 2. The summed E-state index contributed by atoms with van der Waals surface area (Å²) in [5, 5.41) is 0. The predicted molar refractivity (Wildman–Crippen MR) is 101 cm³/mol. The number of methoxy groups -OCH3 is 1. The van der Waals surface area contributed by atoms with Gasteiger partial charge in [0.25, 0.3) is 0 Å². The molecule has 1 aliphatic heterocycles. The highest BCUT2D eigenvalue weighted by molar-refractivity contribution is 5.98. The molecule has 0 spiro atoms. The molecule has 0 bridgehead atoms. The van der Waals surface area contributed by atoms with Gasteiger partial charge < -0.3 is 9.64 Å². The molecule has 26 heavy (non-hydrogen) atoms. The molecule has 1 aliphatic rings. The summed E-state index contributed by atoms with van der Waals surface area (Å²) in [4.78, 5) is 27.0. The Morgan fingerprint density at radius 1 is 1.00 bits per heavy atom. The first-order chi connectivity index (χ1) is 12.7. The normalized spacial score (nSPS) is 14.9. The molecule has 0 aliphatic carbocycles. The lowest BCUT2D eigenvalue weighted by Gasteiger charge is -2.31. The number of rotatable bonds is 6. The van der Waals surface area contributed by atoms with Gasteiger partial charge in [0.1, 0.15) is 5.75 Å². The summed E-state index contributed by atoms with van der Waals surface area (Å²) in [6, 6.07) is 17.2. The van der Waals surface area contributed by atoms with Crippen molar-refractivity contribution in [1.82, 2.24) is 4.90 Å². The molecule has 0 unspecified atom stereocenters. The average molecular weight is 351 g/mol. The zero-order chi connectivity index (χ0) is 18.4. The summed E-state index contributed by atoms with van der Waals surface area (Å²) in [6.45, 7) is 1.32. The van der Waals surface area contributed by atoms with Crippen molar-refractivity contribution in [3.8, 4) is 5.75 Å². The van der Waals surface area contributed by atoms with Crippen molar-refractivity contribution >= 4 is 11.7 Å². The van der Waals surface area contributed by atoms with Crippen molar-refractivity contribution < 1.29 is 14.3 Å². The summed E-state index contributed by atoms with van der Waals surface area (Å²) >= 11 is 0. The second-order valence-corrected chi connectivity index (χ2v) is 6.70. The Hall–Kier alpha value is -2.62.